The van der Waals surface area contributed by atoms with Crippen LogP contribution in [0.15, 0.2) is 42.5 Å². The highest BCUT2D eigenvalue weighted by atomic mass is 35.5. The molecule has 26 heavy (non-hydrogen) atoms. The number of nitrogens with zero attached hydrogens (tertiary/aromatic N) is 4. The summed E-state index contributed by atoms with van der Waals surface area (Å²) in [4.78, 5) is 13.4. The quantitative estimate of drug-likeness (QED) is 0.714. The van der Waals surface area contributed by atoms with E-state index >= 15 is 0 Å². The topological polar surface area (TPSA) is 91.2 Å². The van der Waals surface area contributed by atoms with Gasteiger partial charge < -0.3 is 14.8 Å². The summed E-state index contributed by atoms with van der Waals surface area (Å²) < 4.78 is 10.4. The van der Waals surface area contributed by atoms with Gasteiger partial charge in [-0.05, 0) is 29.5 Å². The number of hydrogen-bond donors (Lipinski definition) is 1. The van der Waals surface area contributed by atoms with Crippen molar-refractivity contribution >= 4 is 23.2 Å². The Balaban J connectivity index is 1.68. The Morgan fingerprint density at radius 2 is 1.92 bits per heavy atom. The van der Waals surface area contributed by atoms with Crippen LogP contribution in [0.1, 0.15) is 0 Å². The van der Waals surface area contributed by atoms with Gasteiger partial charge in [0.2, 0.25) is 11.7 Å². The molecule has 0 aliphatic heterocycles. The van der Waals surface area contributed by atoms with E-state index < -0.39 is 0 Å². The van der Waals surface area contributed by atoms with Crippen LogP contribution in [-0.2, 0) is 11.3 Å². The van der Waals surface area contributed by atoms with Gasteiger partial charge in [-0.2, -0.15) is 4.80 Å². The zero-order chi connectivity index (χ0) is 18.5. The average Bonchev–Trinajstić information content (AvgIpc) is 3.10. The summed E-state index contributed by atoms with van der Waals surface area (Å²) in [6.07, 6.45) is 0. The van der Waals surface area contributed by atoms with Gasteiger partial charge in [0.25, 0.3) is 0 Å². The van der Waals surface area contributed by atoms with Crippen molar-refractivity contribution in [1.82, 2.24) is 20.2 Å². The van der Waals surface area contributed by atoms with Crippen LogP contribution in [0.3, 0.4) is 0 Å². The molecule has 0 unspecified atom stereocenters. The number of amides is 1. The van der Waals surface area contributed by atoms with E-state index in [1.54, 1.807) is 37.4 Å². The predicted octanol–water partition coefficient (Wildman–Crippen LogP) is 2.65. The highest BCUT2D eigenvalue weighted by Crippen LogP contribution is 2.29. The van der Waals surface area contributed by atoms with Gasteiger partial charge in [0.05, 0.1) is 19.2 Å². The van der Waals surface area contributed by atoms with Crippen molar-refractivity contribution < 1.29 is 14.3 Å². The summed E-state index contributed by atoms with van der Waals surface area (Å²) >= 11 is 6.12. The fourth-order valence-corrected chi connectivity index (χ4v) is 2.52. The van der Waals surface area contributed by atoms with Crippen molar-refractivity contribution in [3.63, 3.8) is 0 Å². The largest absolute Gasteiger partial charge is 0.493 e. The molecule has 9 heteroatoms. The number of halogens is 1. The van der Waals surface area contributed by atoms with Crippen LogP contribution in [0.5, 0.6) is 11.5 Å². The molecule has 1 amide bonds. The molecule has 0 bridgehead atoms. The molecule has 8 nitrogen and oxygen atoms in total. The van der Waals surface area contributed by atoms with Gasteiger partial charge in [0, 0.05) is 17.3 Å². The van der Waals surface area contributed by atoms with Crippen LogP contribution in [0, 0.1) is 0 Å². The van der Waals surface area contributed by atoms with E-state index in [0.29, 0.717) is 33.6 Å². The molecule has 0 fully saturated rings. The van der Waals surface area contributed by atoms with Gasteiger partial charge in [0.1, 0.15) is 6.54 Å². The molecule has 134 valence electrons. The van der Waals surface area contributed by atoms with Gasteiger partial charge in [-0.25, -0.2) is 0 Å². The Hall–Kier alpha value is -3.13. The molecular weight excluding hydrogens is 358 g/mol. The van der Waals surface area contributed by atoms with Crippen LogP contribution in [0.4, 0.5) is 5.69 Å². The lowest BCUT2D eigenvalue weighted by atomic mass is 10.2. The fourth-order valence-electron chi connectivity index (χ4n) is 2.30. The van der Waals surface area contributed by atoms with Crippen molar-refractivity contribution in [1.29, 1.82) is 0 Å². The van der Waals surface area contributed by atoms with Gasteiger partial charge in [-0.15, -0.1) is 10.2 Å². The molecule has 3 aromatic rings. The monoisotopic (exact) mass is 373 g/mol. The normalized spacial score (nSPS) is 10.4. The molecular formula is C17H16ClN5O3. The lowest BCUT2D eigenvalue weighted by Gasteiger charge is -2.10. The SMILES string of the molecule is COc1ccc(NC(=O)Cn2nnc(-c3ccccc3Cl)n2)cc1OC. The molecule has 0 spiro atoms. The minimum Gasteiger partial charge on any atom is -0.493 e. The molecule has 1 N–H and O–H groups in total. The number of carbonyl (C=O) groups is 1. The maximum atomic E-state index is 12.2. The summed E-state index contributed by atoms with van der Waals surface area (Å²) in [7, 11) is 3.07. The molecule has 2 aromatic carbocycles. The Morgan fingerprint density at radius 1 is 1.15 bits per heavy atom. The minimum atomic E-state index is -0.305. The molecule has 0 aliphatic rings. The van der Waals surface area contributed by atoms with E-state index in [-0.39, 0.29) is 12.5 Å². The maximum Gasteiger partial charge on any atom is 0.248 e. The van der Waals surface area contributed by atoms with Crippen LogP contribution >= 0.6 is 11.6 Å². The smallest absolute Gasteiger partial charge is 0.248 e. The van der Waals surface area contributed by atoms with Crippen molar-refractivity contribution in [2.45, 2.75) is 6.54 Å². The summed E-state index contributed by atoms with van der Waals surface area (Å²) in [5.74, 6) is 1.15. The zero-order valence-corrected chi connectivity index (χ0v) is 14.9. The highest BCUT2D eigenvalue weighted by Gasteiger charge is 2.12. The lowest BCUT2D eigenvalue weighted by Crippen LogP contribution is -2.20. The summed E-state index contributed by atoms with van der Waals surface area (Å²) in [5.41, 5.74) is 1.22. The molecule has 0 radical (unpaired) electrons. The molecule has 1 heterocycles. The van der Waals surface area contributed by atoms with Gasteiger partial charge in [0.15, 0.2) is 11.5 Å². The first-order valence-electron chi connectivity index (χ1n) is 7.65. The fraction of sp³-hybridized carbons (Fsp3) is 0.176. The van der Waals surface area contributed by atoms with Crippen LogP contribution < -0.4 is 14.8 Å². The number of carbonyl (C=O) groups excluding carboxylic acids is 1. The van der Waals surface area contributed by atoms with E-state index in [2.05, 4.69) is 20.7 Å². The number of nitrogens with one attached hydrogen (secondary N) is 1. The van der Waals surface area contributed by atoms with Crippen molar-refractivity contribution in [2.24, 2.45) is 0 Å². The first-order chi connectivity index (χ1) is 12.6. The first kappa shape index (κ1) is 17.7. The number of aromatic nitrogens is 4. The van der Waals surface area contributed by atoms with Crippen LogP contribution in [0.2, 0.25) is 5.02 Å². The molecule has 3 rings (SSSR count). The van der Waals surface area contributed by atoms with E-state index in [9.17, 15) is 4.79 Å². The second kappa shape index (κ2) is 7.83. The van der Waals surface area contributed by atoms with E-state index in [1.165, 1.54) is 11.9 Å². The van der Waals surface area contributed by atoms with Crippen LogP contribution in [-0.4, -0.2) is 40.3 Å². The zero-order valence-electron chi connectivity index (χ0n) is 14.1. The number of anilines is 1. The minimum absolute atomic E-state index is 0.0915. The second-order valence-electron chi connectivity index (χ2n) is 5.24. The maximum absolute atomic E-state index is 12.2. The number of hydrogen-bond acceptors (Lipinski definition) is 6. The Morgan fingerprint density at radius 3 is 2.65 bits per heavy atom. The molecule has 0 aliphatic carbocycles. The second-order valence-corrected chi connectivity index (χ2v) is 5.65. The summed E-state index contributed by atoms with van der Waals surface area (Å²) in [6.45, 7) is -0.0915. The number of tetrazole rings is 1. The Kier molecular flexibility index (Phi) is 5.33. The van der Waals surface area contributed by atoms with Gasteiger partial charge in [-0.1, -0.05) is 23.7 Å². The number of ether oxygens (including phenoxy) is 2. The summed E-state index contributed by atoms with van der Waals surface area (Å²) in [5, 5.41) is 15.3. The van der Waals surface area contributed by atoms with E-state index in [4.69, 9.17) is 21.1 Å². The number of benzene rings is 2. The molecule has 1 aromatic heterocycles. The Bertz CT molecular complexity index is 928. The molecule has 0 saturated carbocycles. The third-order valence-corrected chi connectivity index (χ3v) is 3.85. The standard InChI is InChI=1S/C17H16ClN5O3/c1-25-14-8-7-11(9-15(14)26-2)19-16(24)10-23-21-17(20-22-23)12-5-3-4-6-13(12)18/h3-9H,10H2,1-2H3,(H,19,24). The number of rotatable bonds is 6. The third kappa shape index (κ3) is 3.92. The third-order valence-electron chi connectivity index (χ3n) is 3.52. The first-order valence-corrected chi connectivity index (χ1v) is 8.03. The van der Waals surface area contributed by atoms with Crippen molar-refractivity contribution in [2.75, 3.05) is 19.5 Å². The van der Waals surface area contributed by atoms with E-state index in [0.717, 1.165) is 0 Å². The number of methoxy groups -OCH3 is 2. The van der Waals surface area contributed by atoms with E-state index in [1.807, 2.05) is 12.1 Å². The highest BCUT2D eigenvalue weighted by molar-refractivity contribution is 6.33. The lowest BCUT2D eigenvalue weighted by molar-refractivity contribution is -0.117. The summed E-state index contributed by atoms with van der Waals surface area (Å²) in [6, 6.07) is 12.2. The van der Waals surface area contributed by atoms with Crippen molar-refractivity contribution in [3.8, 4) is 22.9 Å². The van der Waals surface area contributed by atoms with Crippen LogP contribution in [0.25, 0.3) is 11.4 Å². The molecule has 0 atom stereocenters. The van der Waals surface area contributed by atoms with Crippen molar-refractivity contribution in [3.05, 3.63) is 47.5 Å². The average molecular weight is 374 g/mol. The Labute approximate surface area is 154 Å². The van der Waals surface area contributed by atoms with Gasteiger partial charge >= 0.3 is 0 Å². The molecule has 0 saturated heterocycles. The van der Waals surface area contributed by atoms with Gasteiger partial charge in [-0.3, -0.25) is 4.79 Å². The predicted molar refractivity (Wildman–Crippen MR) is 96.4 cm³/mol.